The van der Waals surface area contributed by atoms with Gasteiger partial charge >= 0.3 is 0 Å². The van der Waals surface area contributed by atoms with E-state index in [1.165, 1.54) is 31.0 Å². The van der Waals surface area contributed by atoms with Gasteiger partial charge in [-0.25, -0.2) is 16.8 Å². The summed E-state index contributed by atoms with van der Waals surface area (Å²) in [6.45, 7) is 4.43. The molecule has 1 atom stereocenters. The van der Waals surface area contributed by atoms with E-state index in [1.54, 1.807) is 24.3 Å². The third-order valence-corrected chi connectivity index (χ3v) is 9.84. The van der Waals surface area contributed by atoms with E-state index >= 15 is 0 Å². The van der Waals surface area contributed by atoms with Gasteiger partial charge < -0.3 is 10.2 Å². The number of sulfone groups is 2. The average Bonchev–Trinajstić information content (AvgIpc) is 3.33. The number of fused-ring (bicyclic) bond motifs is 1. The van der Waals surface area contributed by atoms with E-state index < -0.39 is 30.7 Å². The van der Waals surface area contributed by atoms with Crippen LogP contribution in [0.2, 0.25) is 0 Å². The van der Waals surface area contributed by atoms with Gasteiger partial charge in [-0.15, -0.1) is 24.8 Å². The van der Waals surface area contributed by atoms with Gasteiger partial charge in [-0.2, -0.15) is 0 Å². The number of rotatable bonds is 7. The fraction of sp³-hybridized carbons (Fsp3) is 0.429. The van der Waals surface area contributed by atoms with Crippen LogP contribution in [0.25, 0.3) is 0 Å². The van der Waals surface area contributed by atoms with Crippen molar-refractivity contribution in [3.63, 3.8) is 0 Å². The number of benzene rings is 2. The fourth-order valence-corrected chi connectivity index (χ4v) is 8.66. The van der Waals surface area contributed by atoms with Crippen molar-refractivity contribution in [2.24, 2.45) is 0 Å². The molecule has 0 saturated carbocycles. The number of nitrogens with one attached hydrogen (secondary N) is 1. The summed E-state index contributed by atoms with van der Waals surface area (Å²) in [4.78, 5) is 2.71. The molecule has 2 aliphatic heterocycles. The van der Waals surface area contributed by atoms with Crippen molar-refractivity contribution in [3.8, 4) is 0 Å². The molecule has 1 fully saturated rings. The van der Waals surface area contributed by atoms with E-state index in [9.17, 15) is 16.8 Å². The minimum atomic E-state index is -3.80. The number of hydrogen-bond acceptors (Lipinski definition) is 6. The van der Waals surface area contributed by atoms with Crippen LogP contribution in [-0.2, 0) is 26.2 Å². The molecular formula is C21H28Cl2N2O4S2. The number of halogens is 2. The first-order chi connectivity index (χ1) is 13.9. The summed E-state index contributed by atoms with van der Waals surface area (Å²) in [7, 11) is -7.43. The third kappa shape index (κ3) is 5.43. The molecule has 0 amide bonds. The van der Waals surface area contributed by atoms with Crippen molar-refractivity contribution >= 4 is 44.5 Å². The Morgan fingerprint density at radius 1 is 0.968 bits per heavy atom. The maximum absolute atomic E-state index is 13.2. The zero-order valence-electron chi connectivity index (χ0n) is 17.1. The standard InChI is InChI=1S/C21H26N2O4S2.2ClH/c24-28(25)16-20(29(26,27)18-8-2-1-3-9-18)21-17(7-6-10-19(21)28)15-22-11-14-23-12-4-5-13-23;;/h1-3,6-10,20,22H,4-5,11-16H2;2*1H. The molecule has 1 unspecified atom stereocenters. The minimum absolute atomic E-state index is 0. The van der Waals surface area contributed by atoms with Gasteiger partial charge in [0.05, 0.1) is 15.5 Å². The Bertz CT molecular complexity index is 1090. The molecule has 10 heteroatoms. The number of hydrogen-bond donors (Lipinski definition) is 1. The van der Waals surface area contributed by atoms with Gasteiger partial charge in [0.2, 0.25) is 0 Å². The van der Waals surface area contributed by atoms with E-state index in [2.05, 4.69) is 10.2 Å². The summed E-state index contributed by atoms with van der Waals surface area (Å²) in [5.74, 6) is -0.398. The molecule has 1 saturated heterocycles. The highest BCUT2D eigenvalue weighted by Gasteiger charge is 2.44. The highest BCUT2D eigenvalue weighted by atomic mass is 35.5. The van der Waals surface area contributed by atoms with Gasteiger partial charge in [-0.3, -0.25) is 0 Å². The molecule has 2 aliphatic rings. The molecule has 2 aromatic rings. The van der Waals surface area contributed by atoms with Crippen LogP contribution in [0, 0.1) is 0 Å². The minimum Gasteiger partial charge on any atom is -0.311 e. The molecule has 0 aliphatic carbocycles. The predicted molar refractivity (Wildman–Crippen MR) is 127 cm³/mol. The van der Waals surface area contributed by atoms with Crippen molar-refractivity contribution in [2.45, 2.75) is 34.4 Å². The summed E-state index contributed by atoms with van der Waals surface area (Å²) in [5.41, 5.74) is 1.18. The largest absolute Gasteiger partial charge is 0.311 e. The second-order valence-corrected chi connectivity index (χ2v) is 11.8. The second-order valence-electron chi connectivity index (χ2n) is 7.68. The lowest BCUT2D eigenvalue weighted by Crippen LogP contribution is -2.30. The average molecular weight is 508 g/mol. The van der Waals surface area contributed by atoms with Crippen LogP contribution in [0.3, 0.4) is 0 Å². The fourth-order valence-electron chi connectivity index (χ4n) is 4.24. The van der Waals surface area contributed by atoms with Crippen molar-refractivity contribution in [1.29, 1.82) is 0 Å². The smallest absolute Gasteiger partial charge is 0.186 e. The Balaban J connectivity index is 0.00000171. The van der Waals surface area contributed by atoms with Crippen molar-refractivity contribution in [1.82, 2.24) is 10.2 Å². The molecule has 0 spiro atoms. The van der Waals surface area contributed by atoms with Crippen LogP contribution in [0.4, 0.5) is 0 Å². The van der Waals surface area contributed by atoms with Gasteiger partial charge in [0.25, 0.3) is 0 Å². The van der Waals surface area contributed by atoms with Crippen LogP contribution in [0.15, 0.2) is 58.3 Å². The van der Waals surface area contributed by atoms with Gasteiger partial charge in [-0.1, -0.05) is 30.3 Å². The topological polar surface area (TPSA) is 83.5 Å². The molecule has 6 nitrogen and oxygen atoms in total. The van der Waals surface area contributed by atoms with Gasteiger partial charge in [0.1, 0.15) is 5.25 Å². The molecule has 1 N–H and O–H groups in total. The van der Waals surface area contributed by atoms with E-state index in [-0.39, 0.29) is 34.6 Å². The van der Waals surface area contributed by atoms with E-state index in [4.69, 9.17) is 0 Å². The summed E-state index contributed by atoms with van der Waals surface area (Å²) in [5, 5.41) is 2.30. The predicted octanol–water partition coefficient (Wildman–Crippen LogP) is 3.02. The van der Waals surface area contributed by atoms with Crippen molar-refractivity contribution < 1.29 is 16.8 Å². The molecule has 0 bridgehead atoms. The third-order valence-electron chi connectivity index (χ3n) is 5.75. The van der Waals surface area contributed by atoms with Gasteiger partial charge in [-0.05, 0) is 55.3 Å². The number of nitrogens with zero attached hydrogens (tertiary/aromatic N) is 1. The lowest BCUT2D eigenvalue weighted by Gasteiger charge is -2.17. The zero-order valence-corrected chi connectivity index (χ0v) is 20.3. The normalized spacial score (nSPS) is 19.9. The number of likely N-dealkylation sites (tertiary alicyclic amines) is 1. The van der Waals surface area contributed by atoms with Crippen molar-refractivity contribution in [3.05, 3.63) is 59.7 Å². The quantitative estimate of drug-likeness (QED) is 0.581. The van der Waals surface area contributed by atoms with E-state index in [0.29, 0.717) is 12.1 Å². The molecule has 0 aromatic heterocycles. The summed E-state index contributed by atoms with van der Waals surface area (Å²) < 4.78 is 51.9. The first-order valence-corrected chi connectivity index (χ1v) is 13.2. The van der Waals surface area contributed by atoms with Crippen LogP contribution < -0.4 is 5.32 Å². The molecule has 4 rings (SSSR count). The Labute approximate surface area is 197 Å². The van der Waals surface area contributed by atoms with Crippen molar-refractivity contribution in [2.75, 3.05) is 31.9 Å². The van der Waals surface area contributed by atoms with Crippen LogP contribution >= 0.6 is 24.8 Å². The van der Waals surface area contributed by atoms with E-state index in [1.807, 2.05) is 6.07 Å². The molecule has 2 aromatic carbocycles. The SMILES string of the molecule is Cl.Cl.O=S1(=O)CC(S(=O)(=O)c2ccccc2)c2c(CNCCN3CCCC3)cccc21. The summed E-state index contributed by atoms with van der Waals surface area (Å²) in [6.07, 6.45) is 2.48. The molecule has 2 heterocycles. The first-order valence-electron chi connectivity index (χ1n) is 9.96. The maximum atomic E-state index is 13.2. The van der Waals surface area contributed by atoms with Crippen LogP contribution in [0.5, 0.6) is 0 Å². The molecule has 172 valence electrons. The van der Waals surface area contributed by atoms with Gasteiger partial charge in [0, 0.05) is 19.6 Å². The Morgan fingerprint density at radius 2 is 1.65 bits per heavy atom. The summed E-state index contributed by atoms with van der Waals surface area (Å²) in [6, 6.07) is 13.2. The molecular weight excluding hydrogens is 479 g/mol. The molecule has 0 radical (unpaired) electrons. The molecule has 31 heavy (non-hydrogen) atoms. The van der Waals surface area contributed by atoms with Gasteiger partial charge in [0.15, 0.2) is 19.7 Å². The highest BCUT2D eigenvalue weighted by molar-refractivity contribution is 7.96. The lowest BCUT2D eigenvalue weighted by molar-refractivity contribution is 0.335. The summed E-state index contributed by atoms with van der Waals surface area (Å²) >= 11 is 0. The Morgan fingerprint density at radius 3 is 2.32 bits per heavy atom. The highest BCUT2D eigenvalue weighted by Crippen LogP contribution is 2.42. The van der Waals surface area contributed by atoms with E-state index in [0.717, 1.165) is 31.7 Å². The van der Waals surface area contributed by atoms with Crippen LogP contribution in [-0.4, -0.2) is 53.7 Å². The maximum Gasteiger partial charge on any atom is 0.186 e. The monoisotopic (exact) mass is 506 g/mol. The lowest BCUT2D eigenvalue weighted by atomic mass is 10.1. The first kappa shape index (κ1) is 26.1. The van der Waals surface area contributed by atoms with Crippen LogP contribution in [0.1, 0.15) is 29.2 Å². The zero-order chi connectivity index (χ0) is 20.5. The Kier molecular flexibility index (Phi) is 8.95. The Hall–Kier alpha value is -1.16. The second kappa shape index (κ2) is 10.6.